The summed E-state index contributed by atoms with van der Waals surface area (Å²) in [5.41, 5.74) is 0. The predicted molar refractivity (Wildman–Crippen MR) is 57.0 cm³/mol. The monoisotopic (exact) mass is 202 g/mol. The fourth-order valence-electron chi connectivity index (χ4n) is 1.52. The molecule has 4 heteroatoms. The molecule has 1 heterocycles. The Morgan fingerprint density at radius 1 is 1.69 bits per heavy atom. The number of carbonyl (C=O) groups excluding carboxylic acids is 1. The molecule has 0 aromatic heterocycles. The summed E-state index contributed by atoms with van der Waals surface area (Å²) >= 11 is 1.76. The van der Waals surface area contributed by atoms with Gasteiger partial charge in [0.25, 0.3) is 0 Å². The fraction of sp³-hybridized carbons (Fsp3) is 0.889. The van der Waals surface area contributed by atoms with E-state index in [2.05, 4.69) is 10.6 Å². The van der Waals surface area contributed by atoms with Gasteiger partial charge in [0.15, 0.2) is 0 Å². The summed E-state index contributed by atoms with van der Waals surface area (Å²) in [6, 6.07) is 0. The molecule has 0 aliphatic carbocycles. The van der Waals surface area contributed by atoms with Crippen LogP contribution in [0, 0.1) is 5.92 Å². The van der Waals surface area contributed by atoms with Crippen molar-refractivity contribution in [2.24, 2.45) is 5.92 Å². The maximum Gasteiger partial charge on any atom is 0.220 e. The van der Waals surface area contributed by atoms with Gasteiger partial charge in [0, 0.05) is 18.7 Å². The molecule has 1 saturated heterocycles. The minimum atomic E-state index is 0.211. The average Bonchev–Trinajstić information content (AvgIpc) is 2.57. The zero-order valence-electron chi connectivity index (χ0n) is 8.14. The van der Waals surface area contributed by atoms with Gasteiger partial charge in [-0.3, -0.25) is 4.79 Å². The molecule has 0 aromatic carbocycles. The van der Waals surface area contributed by atoms with E-state index in [0.29, 0.717) is 12.3 Å². The average molecular weight is 202 g/mol. The molecule has 1 unspecified atom stereocenters. The molecule has 0 saturated carbocycles. The fourth-order valence-corrected chi connectivity index (χ4v) is 1.82. The summed E-state index contributed by atoms with van der Waals surface area (Å²) in [6.07, 6.45) is 3.89. The highest BCUT2D eigenvalue weighted by Gasteiger charge is 2.17. The van der Waals surface area contributed by atoms with Crippen LogP contribution in [0.1, 0.15) is 12.8 Å². The third-order valence-electron chi connectivity index (χ3n) is 2.26. The molecule has 0 bridgehead atoms. The van der Waals surface area contributed by atoms with Gasteiger partial charge < -0.3 is 10.6 Å². The summed E-state index contributed by atoms with van der Waals surface area (Å²) in [4.78, 5) is 11.3. The SMILES string of the molecule is CSCCNC(=O)CC1CCNC1. The van der Waals surface area contributed by atoms with Crippen molar-refractivity contribution in [3.05, 3.63) is 0 Å². The molecule has 0 aromatic rings. The Kier molecular flexibility index (Phi) is 5.23. The van der Waals surface area contributed by atoms with Crippen molar-refractivity contribution in [2.45, 2.75) is 12.8 Å². The first kappa shape index (κ1) is 10.9. The first-order chi connectivity index (χ1) is 6.33. The molecule has 2 N–H and O–H groups in total. The highest BCUT2D eigenvalue weighted by molar-refractivity contribution is 7.98. The van der Waals surface area contributed by atoms with E-state index in [1.54, 1.807) is 11.8 Å². The van der Waals surface area contributed by atoms with E-state index in [0.717, 1.165) is 31.8 Å². The smallest absolute Gasteiger partial charge is 0.220 e. The van der Waals surface area contributed by atoms with E-state index in [-0.39, 0.29) is 5.91 Å². The van der Waals surface area contributed by atoms with Crippen molar-refractivity contribution >= 4 is 17.7 Å². The van der Waals surface area contributed by atoms with Crippen molar-refractivity contribution in [1.29, 1.82) is 0 Å². The summed E-state index contributed by atoms with van der Waals surface area (Å²) in [7, 11) is 0. The quantitative estimate of drug-likeness (QED) is 0.637. The van der Waals surface area contributed by atoms with Crippen LogP contribution in [0.5, 0.6) is 0 Å². The summed E-state index contributed by atoms with van der Waals surface area (Å²) < 4.78 is 0. The van der Waals surface area contributed by atoms with Crippen molar-refractivity contribution in [1.82, 2.24) is 10.6 Å². The van der Waals surface area contributed by atoms with Gasteiger partial charge in [0.05, 0.1) is 0 Å². The largest absolute Gasteiger partial charge is 0.355 e. The van der Waals surface area contributed by atoms with Gasteiger partial charge in [-0.25, -0.2) is 0 Å². The molecule has 1 aliphatic heterocycles. The van der Waals surface area contributed by atoms with Crippen LogP contribution in [0.2, 0.25) is 0 Å². The molecule has 0 spiro atoms. The Labute approximate surface area is 84.0 Å². The van der Waals surface area contributed by atoms with E-state index >= 15 is 0 Å². The van der Waals surface area contributed by atoms with Gasteiger partial charge in [-0.05, 0) is 31.7 Å². The number of thioether (sulfide) groups is 1. The van der Waals surface area contributed by atoms with E-state index in [9.17, 15) is 4.79 Å². The van der Waals surface area contributed by atoms with E-state index in [4.69, 9.17) is 0 Å². The molecule has 13 heavy (non-hydrogen) atoms. The van der Waals surface area contributed by atoms with E-state index < -0.39 is 0 Å². The Bertz CT molecular complexity index is 158. The Hall–Kier alpha value is -0.220. The number of hydrogen-bond acceptors (Lipinski definition) is 3. The Morgan fingerprint density at radius 3 is 3.15 bits per heavy atom. The lowest BCUT2D eigenvalue weighted by Gasteiger charge is -2.08. The van der Waals surface area contributed by atoms with Crippen molar-refractivity contribution in [3.8, 4) is 0 Å². The van der Waals surface area contributed by atoms with Crippen LogP contribution in [0.4, 0.5) is 0 Å². The lowest BCUT2D eigenvalue weighted by Crippen LogP contribution is -2.28. The number of nitrogens with one attached hydrogen (secondary N) is 2. The van der Waals surface area contributed by atoms with Crippen LogP contribution in [0.15, 0.2) is 0 Å². The Balaban J connectivity index is 2.02. The summed E-state index contributed by atoms with van der Waals surface area (Å²) in [5.74, 6) is 1.78. The van der Waals surface area contributed by atoms with Crippen LogP contribution in [-0.2, 0) is 4.79 Å². The number of carbonyl (C=O) groups is 1. The summed E-state index contributed by atoms with van der Waals surface area (Å²) in [5, 5.41) is 6.18. The van der Waals surface area contributed by atoms with Crippen molar-refractivity contribution in [3.63, 3.8) is 0 Å². The van der Waals surface area contributed by atoms with Crippen LogP contribution < -0.4 is 10.6 Å². The van der Waals surface area contributed by atoms with Crippen LogP contribution in [0.3, 0.4) is 0 Å². The van der Waals surface area contributed by atoms with Gasteiger partial charge in [-0.1, -0.05) is 0 Å². The molecular formula is C9H18N2OS. The van der Waals surface area contributed by atoms with Crippen molar-refractivity contribution < 1.29 is 4.79 Å². The van der Waals surface area contributed by atoms with Crippen LogP contribution >= 0.6 is 11.8 Å². The van der Waals surface area contributed by atoms with E-state index in [1.165, 1.54) is 0 Å². The predicted octanol–water partition coefficient (Wildman–Crippen LogP) is 0.465. The number of rotatable bonds is 5. The second kappa shape index (κ2) is 6.27. The summed E-state index contributed by atoms with van der Waals surface area (Å²) in [6.45, 7) is 2.89. The molecule has 1 fully saturated rings. The van der Waals surface area contributed by atoms with Gasteiger partial charge in [-0.2, -0.15) is 11.8 Å². The standard InChI is InChI=1S/C9H18N2OS/c1-13-5-4-11-9(12)6-8-2-3-10-7-8/h8,10H,2-7H2,1H3,(H,11,12). The van der Waals surface area contributed by atoms with Gasteiger partial charge in [0.1, 0.15) is 0 Å². The molecule has 3 nitrogen and oxygen atoms in total. The zero-order valence-corrected chi connectivity index (χ0v) is 8.95. The number of amides is 1. The maximum atomic E-state index is 11.3. The topological polar surface area (TPSA) is 41.1 Å². The lowest BCUT2D eigenvalue weighted by atomic mass is 10.1. The molecule has 76 valence electrons. The van der Waals surface area contributed by atoms with Crippen molar-refractivity contribution in [2.75, 3.05) is 31.6 Å². The number of hydrogen-bond donors (Lipinski definition) is 2. The highest BCUT2D eigenvalue weighted by Crippen LogP contribution is 2.11. The first-order valence-electron chi connectivity index (χ1n) is 4.79. The molecule has 1 atom stereocenters. The Morgan fingerprint density at radius 2 is 2.54 bits per heavy atom. The second-order valence-electron chi connectivity index (χ2n) is 3.41. The minimum Gasteiger partial charge on any atom is -0.355 e. The first-order valence-corrected chi connectivity index (χ1v) is 6.18. The van der Waals surface area contributed by atoms with Crippen LogP contribution in [0.25, 0.3) is 0 Å². The second-order valence-corrected chi connectivity index (χ2v) is 4.39. The lowest BCUT2D eigenvalue weighted by molar-refractivity contribution is -0.121. The van der Waals surface area contributed by atoms with Crippen LogP contribution in [-0.4, -0.2) is 37.6 Å². The normalized spacial score (nSPS) is 21.8. The zero-order chi connectivity index (χ0) is 9.52. The molecule has 0 radical (unpaired) electrons. The molecular weight excluding hydrogens is 184 g/mol. The van der Waals surface area contributed by atoms with Gasteiger partial charge >= 0.3 is 0 Å². The van der Waals surface area contributed by atoms with Gasteiger partial charge in [-0.15, -0.1) is 0 Å². The van der Waals surface area contributed by atoms with E-state index in [1.807, 2.05) is 6.26 Å². The third-order valence-corrected chi connectivity index (χ3v) is 2.88. The maximum absolute atomic E-state index is 11.3. The molecule has 1 amide bonds. The highest BCUT2D eigenvalue weighted by atomic mass is 32.2. The molecule has 1 aliphatic rings. The molecule has 1 rings (SSSR count). The minimum absolute atomic E-state index is 0.211. The van der Waals surface area contributed by atoms with Gasteiger partial charge in [0.2, 0.25) is 5.91 Å². The third kappa shape index (κ3) is 4.52.